The molecule has 5 rings (SSSR count). The van der Waals surface area contributed by atoms with Gasteiger partial charge in [0.2, 0.25) is 0 Å². The Kier molecular flexibility index (Phi) is 5.93. The van der Waals surface area contributed by atoms with Crippen molar-refractivity contribution >= 4 is 22.8 Å². The largest absolute Gasteiger partial charge is 0.444 e. The van der Waals surface area contributed by atoms with Gasteiger partial charge in [0, 0.05) is 40.7 Å². The number of fused-ring (bicyclic) bond motifs is 3. The van der Waals surface area contributed by atoms with Gasteiger partial charge in [0.1, 0.15) is 5.60 Å². The molecule has 5 nitrogen and oxygen atoms in total. The molecule has 1 aliphatic rings. The fourth-order valence-electron chi connectivity index (χ4n) is 4.97. The molecule has 5 heteroatoms. The highest BCUT2D eigenvalue weighted by Gasteiger charge is 2.35. The molecule has 4 aromatic rings. The average Bonchev–Trinajstić information content (AvgIpc) is 3.18. The van der Waals surface area contributed by atoms with Crippen LogP contribution < -0.4 is 0 Å². The molecular weight excluding hydrogens is 436 g/mol. The van der Waals surface area contributed by atoms with Crippen LogP contribution in [0, 0.1) is 0 Å². The van der Waals surface area contributed by atoms with Gasteiger partial charge < -0.3 is 14.2 Å². The standard InChI is InChI=1S/C30H30N2O3/c1-30(2,3)35-29(34)31-19-23(18-27(33)21-12-6-4-7-13-21)32-25-17-11-10-16-24(25)28(26(32)20-31)22-14-8-5-9-15-22/h4-17,23H,18-20H2,1-3H3/t23-/m0/s1. The number of nitrogens with zero attached hydrogens (tertiary/aromatic N) is 2. The highest BCUT2D eigenvalue weighted by Crippen LogP contribution is 2.41. The fraction of sp³-hybridized carbons (Fsp3) is 0.267. The first kappa shape index (κ1) is 22.9. The summed E-state index contributed by atoms with van der Waals surface area (Å²) >= 11 is 0. The van der Waals surface area contributed by atoms with Crippen molar-refractivity contribution < 1.29 is 14.3 Å². The zero-order chi connectivity index (χ0) is 24.6. The van der Waals surface area contributed by atoms with Gasteiger partial charge in [0.05, 0.1) is 12.6 Å². The van der Waals surface area contributed by atoms with Gasteiger partial charge in [-0.05, 0) is 32.4 Å². The predicted octanol–water partition coefficient (Wildman–Crippen LogP) is 6.87. The van der Waals surface area contributed by atoms with Crippen molar-refractivity contribution in [3.05, 3.63) is 96.2 Å². The fourth-order valence-corrected chi connectivity index (χ4v) is 4.97. The third kappa shape index (κ3) is 4.59. The van der Waals surface area contributed by atoms with Gasteiger partial charge in [-0.3, -0.25) is 4.79 Å². The van der Waals surface area contributed by atoms with Crippen molar-refractivity contribution in [1.82, 2.24) is 9.47 Å². The molecule has 0 aliphatic carbocycles. The summed E-state index contributed by atoms with van der Waals surface area (Å²) in [6.07, 6.45) is -0.0615. The second-order valence-corrected chi connectivity index (χ2v) is 10.1. The molecule has 0 spiro atoms. The van der Waals surface area contributed by atoms with Gasteiger partial charge in [-0.1, -0.05) is 78.9 Å². The Balaban J connectivity index is 1.64. The van der Waals surface area contributed by atoms with Crippen molar-refractivity contribution in [2.24, 2.45) is 0 Å². The molecular formula is C30H30N2O3. The van der Waals surface area contributed by atoms with Crippen LogP contribution in [-0.2, 0) is 11.3 Å². The molecule has 0 radical (unpaired) electrons. The van der Waals surface area contributed by atoms with Crippen molar-refractivity contribution in [3.8, 4) is 11.1 Å². The number of benzene rings is 3. The number of aromatic nitrogens is 1. The molecule has 1 aromatic heterocycles. The maximum Gasteiger partial charge on any atom is 0.410 e. The lowest BCUT2D eigenvalue weighted by Crippen LogP contribution is -2.44. The van der Waals surface area contributed by atoms with Crippen molar-refractivity contribution in [1.29, 1.82) is 0 Å². The van der Waals surface area contributed by atoms with Gasteiger partial charge in [-0.15, -0.1) is 0 Å². The second kappa shape index (κ2) is 9.06. The highest BCUT2D eigenvalue weighted by atomic mass is 16.6. The third-order valence-electron chi connectivity index (χ3n) is 6.38. The van der Waals surface area contributed by atoms with Crippen LogP contribution in [-0.4, -0.2) is 33.5 Å². The quantitative estimate of drug-likeness (QED) is 0.308. The number of carbonyl (C=O) groups is 2. The van der Waals surface area contributed by atoms with Gasteiger partial charge in [0.15, 0.2) is 5.78 Å². The first-order valence-electron chi connectivity index (χ1n) is 12.1. The summed E-state index contributed by atoms with van der Waals surface area (Å²) in [5.74, 6) is 0.0617. The van der Waals surface area contributed by atoms with E-state index in [0.29, 0.717) is 25.1 Å². The Hall–Kier alpha value is -3.86. The number of amides is 1. The van der Waals surface area contributed by atoms with E-state index in [9.17, 15) is 9.59 Å². The van der Waals surface area contributed by atoms with E-state index in [2.05, 4.69) is 28.8 Å². The lowest BCUT2D eigenvalue weighted by atomic mass is 9.99. The van der Waals surface area contributed by atoms with E-state index in [4.69, 9.17) is 4.74 Å². The number of Topliss-reactive ketones (excluding diaryl/α,β-unsaturated/α-hetero) is 1. The van der Waals surface area contributed by atoms with Crippen molar-refractivity contribution in [3.63, 3.8) is 0 Å². The maximum absolute atomic E-state index is 13.3. The van der Waals surface area contributed by atoms with Crippen LogP contribution >= 0.6 is 0 Å². The topological polar surface area (TPSA) is 51.5 Å². The normalized spacial score (nSPS) is 15.6. The molecule has 1 atom stereocenters. The van der Waals surface area contributed by atoms with E-state index in [1.165, 1.54) is 0 Å². The minimum atomic E-state index is -0.598. The molecule has 3 aromatic carbocycles. The second-order valence-electron chi connectivity index (χ2n) is 10.1. The molecule has 0 N–H and O–H groups in total. The molecule has 0 bridgehead atoms. The summed E-state index contributed by atoms with van der Waals surface area (Å²) in [6, 6.07) is 27.7. The predicted molar refractivity (Wildman–Crippen MR) is 138 cm³/mol. The number of carbonyl (C=O) groups excluding carboxylic acids is 2. The van der Waals surface area contributed by atoms with Crippen LogP contribution in [0.4, 0.5) is 4.79 Å². The lowest BCUT2D eigenvalue weighted by molar-refractivity contribution is 0.0165. The lowest BCUT2D eigenvalue weighted by Gasteiger charge is -2.36. The van der Waals surface area contributed by atoms with Gasteiger partial charge in [0.25, 0.3) is 0 Å². The Labute approximate surface area is 205 Å². The molecule has 178 valence electrons. The summed E-state index contributed by atoms with van der Waals surface area (Å²) < 4.78 is 8.02. The Bertz CT molecular complexity index is 1370. The maximum atomic E-state index is 13.3. The van der Waals surface area contributed by atoms with E-state index < -0.39 is 5.60 Å². The highest BCUT2D eigenvalue weighted by molar-refractivity contribution is 6.00. The summed E-state index contributed by atoms with van der Waals surface area (Å²) in [4.78, 5) is 28.2. The number of para-hydroxylation sites is 1. The summed E-state index contributed by atoms with van der Waals surface area (Å²) in [7, 11) is 0. The Morgan fingerprint density at radius 1 is 0.886 bits per heavy atom. The average molecular weight is 467 g/mol. The molecule has 0 saturated heterocycles. The molecule has 0 unspecified atom stereocenters. The molecule has 35 heavy (non-hydrogen) atoms. The zero-order valence-electron chi connectivity index (χ0n) is 20.4. The zero-order valence-corrected chi connectivity index (χ0v) is 20.4. The van der Waals surface area contributed by atoms with Crippen LogP contribution in [0.15, 0.2) is 84.9 Å². The smallest absolute Gasteiger partial charge is 0.410 e. The Morgan fingerprint density at radius 3 is 2.20 bits per heavy atom. The monoisotopic (exact) mass is 466 g/mol. The number of ether oxygens (including phenoxy) is 1. The minimum Gasteiger partial charge on any atom is -0.444 e. The van der Waals surface area contributed by atoms with E-state index in [1.807, 2.05) is 81.4 Å². The van der Waals surface area contributed by atoms with Crippen LogP contribution in [0.1, 0.15) is 49.3 Å². The summed E-state index contributed by atoms with van der Waals surface area (Å²) in [5.41, 5.74) is 4.39. The number of hydrogen-bond acceptors (Lipinski definition) is 3. The minimum absolute atomic E-state index is 0.0617. The van der Waals surface area contributed by atoms with Crippen LogP contribution in [0.3, 0.4) is 0 Å². The molecule has 1 amide bonds. The third-order valence-corrected chi connectivity index (χ3v) is 6.38. The molecule has 2 heterocycles. The van der Waals surface area contributed by atoms with Gasteiger partial charge >= 0.3 is 6.09 Å². The van der Waals surface area contributed by atoms with Crippen molar-refractivity contribution in [2.75, 3.05) is 6.54 Å². The van der Waals surface area contributed by atoms with E-state index >= 15 is 0 Å². The molecule has 1 aliphatic heterocycles. The first-order valence-corrected chi connectivity index (χ1v) is 12.1. The van der Waals surface area contributed by atoms with Gasteiger partial charge in [-0.25, -0.2) is 4.79 Å². The van der Waals surface area contributed by atoms with Crippen LogP contribution in [0.5, 0.6) is 0 Å². The van der Waals surface area contributed by atoms with E-state index in [1.54, 1.807) is 4.90 Å². The molecule has 0 saturated carbocycles. The van der Waals surface area contributed by atoms with Crippen LogP contribution in [0.2, 0.25) is 0 Å². The summed E-state index contributed by atoms with van der Waals surface area (Å²) in [5, 5.41) is 1.12. The van der Waals surface area contributed by atoms with Gasteiger partial charge in [-0.2, -0.15) is 0 Å². The SMILES string of the molecule is CC(C)(C)OC(=O)N1Cc2c(-c3ccccc3)c3ccccc3n2[C@@H](CC(=O)c2ccccc2)C1. The number of rotatable bonds is 4. The van der Waals surface area contributed by atoms with E-state index in [-0.39, 0.29) is 17.9 Å². The first-order chi connectivity index (χ1) is 16.8. The summed E-state index contributed by atoms with van der Waals surface area (Å²) in [6.45, 7) is 6.45. The van der Waals surface area contributed by atoms with E-state index in [0.717, 1.165) is 27.7 Å². The number of ketones is 1. The van der Waals surface area contributed by atoms with Crippen molar-refractivity contribution in [2.45, 2.75) is 45.4 Å². The Morgan fingerprint density at radius 2 is 1.51 bits per heavy atom. The molecule has 0 fully saturated rings. The van der Waals surface area contributed by atoms with Crippen LogP contribution in [0.25, 0.3) is 22.0 Å². The number of hydrogen-bond donors (Lipinski definition) is 0.